The van der Waals surface area contributed by atoms with Crippen LogP contribution in [0.25, 0.3) is 11.4 Å². The lowest BCUT2D eigenvalue weighted by molar-refractivity contribution is -0.113. The average molecular weight is 410 g/mol. The van der Waals surface area contributed by atoms with Gasteiger partial charge in [-0.15, -0.1) is 10.2 Å². The maximum absolute atomic E-state index is 12.4. The van der Waals surface area contributed by atoms with Crippen molar-refractivity contribution >= 4 is 23.4 Å². The molecule has 0 radical (unpaired) electrons. The number of thioether (sulfide) groups is 1. The Hall–Kier alpha value is -2.67. The van der Waals surface area contributed by atoms with Crippen molar-refractivity contribution in [3.05, 3.63) is 54.4 Å². The number of anilines is 1. The van der Waals surface area contributed by atoms with Gasteiger partial charge < -0.3 is 9.88 Å². The van der Waals surface area contributed by atoms with Gasteiger partial charge in [-0.2, -0.15) is 0 Å². The van der Waals surface area contributed by atoms with Gasteiger partial charge in [0.2, 0.25) is 5.91 Å². The smallest absolute Gasteiger partial charge is 0.234 e. The van der Waals surface area contributed by atoms with Crippen LogP contribution < -0.4 is 5.32 Å². The van der Waals surface area contributed by atoms with Crippen LogP contribution in [0.2, 0.25) is 0 Å². The minimum absolute atomic E-state index is 0.0530. The van der Waals surface area contributed by atoms with Gasteiger partial charge in [0, 0.05) is 30.2 Å². The molecule has 0 aliphatic carbocycles. The van der Waals surface area contributed by atoms with Gasteiger partial charge in [-0.3, -0.25) is 9.78 Å². The molecule has 0 spiro atoms. The minimum Gasteiger partial charge on any atom is -0.325 e. The van der Waals surface area contributed by atoms with Gasteiger partial charge in [0.15, 0.2) is 11.0 Å². The van der Waals surface area contributed by atoms with E-state index in [0.29, 0.717) is 5.92 Å². The van der Waals surface area contributed by atoms with Crippen molar-refractivity contribution in [2.24, 2.45) is 0 Å². The fourth-order valence-electron chi connectivity index (χ4n) is 2.99. The summed E-state index contributed by atoms with van der Waals surface area (Å²) in [5.41, 5.74) is 3.07. The van der Waals surface area contributed by atoms with Crippen LogP contribution >= 0.6 is 11.8 Å². The van der Waals surface area contributed by atoms with Gasteiger partial charge in [0.1, 0.15) is 0 Å². The van der Waals surface area contributed by atoms with Crippen molar-refractivity contribution in [1.29, 1.82) is 0 Å². The number of nitrogens with one attached hydrogen (secondary N) is 1. The molecule has 2 heterocycles. The van der Waals surface area contributed by atoms with Gasteiger partial charge in [0.25, 0.3) is 0 Å². The molecule has 3 rings (SSSR count). The van der Waals surface area contributed by atoms with Crippen LogP contribution in [0.4, 0.5) is 5.69 Å². The highest BCUT2D eigenvalue weighted by molar-refractivity contribution is 7.99. The maximum Gasteiger partial charge on any atom is 0.234 e. The number of hydrogen-bond acceptors (Lipinski definition) is 5. The van der Waals surface area contributed by atoms with E-state index in [0.717, 1.165) is 41.6 Å². The molecule has 0 saturated carbocycles. The zero-order valence-electron chi connectivity index (χ0n) is 17.1. The SMILES string of the molecule is CCCn1c(SCC(=O)Nc2ccc([C@H](C)CC)cc2)nnc1-c1ccncc1. The molecule has 0 saturated heterocycles. The number of hydrogen-bond donors (Lipinski definition) is 1. The summed E-state index contributed by atoms with van der Waals surface area (Å²) in [7, 11) is 0. The van der Waals surface area contributed by atoms with Crippen LogP contribution in [-0.2, 0) is 11.3 Å². The number of pyridine rings is 1. The predicted molar refractivity (Wildman–Crippen MR) is 118 cm³/mol. The molecule has 3 aromatic rings. The first-order valence-electron chi connectivity index (χ1n) is 9.98. The highest BCUT2D eigenvalue weighted by Gasteiger charge is 2.15. The summed E-state index contributed by atoms with van der Waals surface area (Å²) in [5, 5.41) is 12.4. The summed E-state index contributed by atoms with van der Waals surface area (Å²) in [6.45, 7) is 7.29. The topological polar surface area (TPSA) is 72.7 Å². The molecule has 0 bridgehead atoms. The van der Waals surface area contributed by atoms with Crippen molar-refractivity contribution in [3.63, 3.8) is 0 Å². The molecule has 1 N–H and O–H groups in total. The highest BCUT2D eigenvalue weighted by atomic mass is 32.2. The quantitative estimate of drug-likeness (QED) is 0.504. The molecule has 2 aromatic heterocycles. The van der Waals surface area contributed by atoms with E-state index in [-0.39, 0.29) is 11.7 Å². The molecule has 7 heteroatoms. The van der Waals surface area contributed by atoms with Crippen LogP contribution in [0.1, 0.15) is 45.1 Å². The molecule has 29 heavy (non-hydrogen) atoms. The Morgan fingerprint density at radius 2 is 1.83 bits per heavy atom. The number of carbonyl (C=O) groups is 1. The zero-order chi connectivity index (χ0) is 20.6. The number of nitrogens with zero attached hydrogens (tertiary/aromatic N) is 4. The summed E-state index contributed by atoms with van der Waals surface area (Å²) in [6, 6.07) is 11.9. The Labute approximate surface area is 176 Å². The van der Waals surface area contributed by atoms with E-state index in [1.807, 2.05) is 24.3 Å². The molecule has 1 atom stereocenters. The molecular formula is C22H27N5OS. The molecule has 1 amide bonds. The van der Waals surface area contributed by atoms with Gasteiger partial charge in [-0.1, -0.05) is 44.7 Å². The molecular weight excluding hydrogens is 382 g/mol. The summed E-state index contributed by atoms with van der Waals surface area (Å²) in [5.74, 6) is 1.56. The summed E-state index contributed by atoms with van der Waals surface area (Å²) >= 11 is 1.40. The van der Waals surface area contributed by atoms with Crippen LogP contribution in [0.5, 0.6) is 0 Å². The van der Waals surface area contributed by atoms with Gasteiger partial charge >= 0.3 is 0 Å². The fraction of sp³-hybridized carbons (Fsp3) is 0.364. The normalized spacial score (nSPS) is 12.0. The maximum atomic E-state index is 12.4. The Bertz CT molecular complexity index is 924. The summed E-state index contributed by atoms with van der Waals surface area (Å²) in [6.07, 6.45) is 5.54. The number of rotatable bonds is 9. The van der Waals surface area contributed by atoms with Crippen LogP contribution in [0, 0.1) is 0 Å². The Morgan fingerprint density at radius 3 is 2.48 bits per heavy atom. The van der Waals surface area contributed by atoms with E-state index in [4.69, 9.17) is 0 Å². The molecule has 0 aliphatic heterocycles. The number of aromatic nitrogens is 4. The first kappa shape index (κ1) is 21.0. The second-order valence-electron chi connectivity index (χ2n) is 6.96. The molecule has 6 nitrogen and oxygen atoms in total. The van der Waals surface area contributed by atoms with Crippen LogP contribution in [-0.4, -0.2) is 31.4 Å². The van der Waals surface area contributed by atoms with Gasteiger partial charge in [-0.25, -0.2) is 0 Å². The van der Waals surface area contributed by atoms with E-state index < -0.39 is 0 Å². The molecule has 0 fully saturated rings. The predicted octanol–water partition coefficient (Wildman–Crippen LogP) is 4.99. The van der Waals surface area contributed by atoms with E-state index >= 15 is 0 Å². The third-order valence-electron chi connectivity index (χ3n) is 4.81. The lowest BCUT2D eigenvalue weighted by atomic mass is 9.99. The van der Waals surface area contributed by atoms with Crippen molar-refractivity contribution in [1.82, 2.24) is 19.7 Å². The third kappa shape index (κ3) is 5.44. The molecule has 1 aromatic carbocycles. The van der Waals surface area contributed by atoms with Crippen molar-refractivity contribution < 1.29 is 4.79 Å². The lowest BCUT2D eigenvalue weighted by Gasteiger charge is -2.11. The second-order valence-corrected chi connectivity index (χ2v) is 7.90. The monoisotopic (exact) mass is 409 g/mol. The van der Waals surface area contributed by atoms with E-state index in [9.17, 15) is 4.79 Å². The summed E-state index contributed by atoms with van der Waals surface area (Å²) in [4.78, 5) is 16.5. The number of amides is 1. The van der Waals surface area contributed by atoms with Crippen molar-refractivity contribution in [2.45, 2.75) is 51.2 Å². The molecule has 152 valence electrons. The molecule has 0 unspecified atom stereocenters. The lowest BCUT2D eigenvalue weighted by Crippen LogP contribution is -2.14. The van der Waals surface area contributed by atoms with Gasteiger partial charge in [-0.05, 0) is 48.6 Å². The molecule has 0 aliphatic rings. The van der Waals surface area contributed by atoms with Crippen LogP contribution in [0.3, 0.4) is 0 Å². The van der Waals surface area contributed by atoms with Crippen molar-refractivity contribution in [3.8, 4) is 11.4 Å². The standard InChI is InChI=1S/C22H27N5OS/c1-4-14-27-21(18-10-12-23-13-11-18)25-26-22(27)29-15-20(28)24-19-8-6-17(7-9-19)16(3)5-2/h6-13,16H,4-5,14-15H2,1-3H3,(H,24,28)/t16-/m1/s1. The first-order chi connectivity index (χ1) is 14.1. The Balaban J connectivity index is 1.63. The average Bonchev–Trinajstić information content (AvgIpc) is 3.16. The Kier molecular flexibility index (Phi) is 7.41. The fourth-order valence-corrected chi connectivity index (χ4v) is 3.76. The van der Waals surface area contributed by atoms with E-state index in [2.05, 4.69) is 58.0 Å². The second kappa shape index (κ2) is 10.2. The zero-order valence-corrected chi connectivity index (χ0v) is 17.9. The highest BCUT2D eigenvalue weighted by Crippen LogP contribution is 2.25. The Morgan fingerprint density at radius 1 is 1.10 bits per heavy atom. The minimum atomic E-state index is -0.0530. The number of carbonyl (C=O) groups excluding carboxylic acids is 1. The number of benzene rings is 1. The largest absolute Gasteiger partial charge is 0.325 e. The van der Waals surface area contributed by atoms with E-state index in [1.54, 1.807) is 12.4 Å². The summed E-state index contributed by atoms with van der Waals surface area (Å²) < 4.78 is 2.06. The van der Waals surface area contributed by atoms with Gasteiger partial charge in [0.05, 0.1) is 5.75 Å². The van der Waals surface area contributed by atoms with E-state index in [1.165, 1.54) is 17.3 Å². The van der Waals surface area contributed by atoms with Crippen molar-refractivity contribution in [2.75, 3.05) is 11.1 Å². The van der Waals surface area contributed by atoms with Crippen LogP contribution in [0.15, 0.2) is 53.9 Å². The first-order valence-corrected chi connectivity index (χ1v) is 11.0. The third-order valence-corrected chi connectivity index (χ3v) is 5.78.